The molecule has 0 saturated carbocycles. The molecule has 0 aliphatic rings. The molecule has 0 heterocycles. The Morgan fingerprint density at radius 2 is 1.38 bits per heavy atom. The van der Waals surface area contributed by atoms with Gasteiger partial charge < -0.3 is 5.32 Å². The molecule has 0 bridgehead atoms. The van der Waals surface area contributed by atoms with Crippen LogP contribution < -0.4 is 9.62 Å². The fourth-order valence-corrected chi connectivity index (χ4v) is 6.02. The second-order valence-corrected chi connectivity index (χ2v) is 11.6. The Bertz CT molecular complexity index is 1740. The van der Waals surface area contributed by atoms with Crippen molar-refractivity contribution in [2.45, 2.75) is 18.4 Å². The zero-order chi connectivity index (χ0) is 28.1. The van der Waals surface area contributed by atoms with E-state index in [1.54, 1.807) is 72.8 Å². The third-order valence-corrected chi connectivity index (χ3v) is 8.55. The molecule has 0 spiro atoms. The first-order valence-corrected chi connectivity index (χ1v) is 14.5. The molecule has 5 aromatic rings. The van der Waals surface area contributed by atoms with Crippen molar-refractivity contribution in [2.75, 3.05) is 9.62 Å². The highest BCUT2D eigenvalue weighted by Crippen LogP contribution is 2.32. The molecule has 0 radical (unpaired) electrons. The van der Waals surface area contributed by atoms with Gasteiger partial charge in [0.15, 0.2) is 0 Å². The number of rotatable bonds is 8. The highest BCUT2D eigenvalue weighted by atomic mass is 35.5. The number of sulfonamides is 1. The summed E-state index contributed by atoms with van der Waals surface area (Å²) < 4.78 is 29.4. The van der Waals surface area contributed by atoms with Crippen LogP contribution in [0.25, 0.3) is 11.1 Å². The SMILES string of the molecule is Cc1ccc(S(=O)(=O)N(Cc2ccc(Cl)cc2)c2ccccc2C(=O)Nc2ccccc2-c2ccccc2)cc1. The minimum Gasteiger partial charge on any atom is -0.321 e. The number of nitrogens with zero attached hydrogens (tertiary/aromatic N) is 1. The monoisotopic (exact) mass is 566 g/mol. The van der Waals surface area contributed by atoms with Gasteiger partial charge in [0.1, 0.15) is 0 Å². The van der Waals surface area contributed by atoms with Crippen molar-refractivity contribution in [1.82, 2.24) is 0 Å². The van der Waals surface area contributed by atoms with E-state index in [-0.39, 0.29) is 22.7 Å². The lowest BCUT2D eigenvalue weighted by Crippen LogP contribution is -2.32. The number of anilines is 2. The van der Waals surface area contributed by atoms with E-state index in [0.717, 1.165) is 22.3 Å². The summed E-state index contributed by atoms with van der Waals surface area (Å²) in [6.45, 7) is 1.91. The van der Waals surface area contributed by atoms with Gasteiger partial charge in [0.05, 0.1) is 22.7 Å². The van der Waals surface area contributed by atoms with Gasteiger partial charge in [0.25, 0.3) is 15.9 Å². The van der Waals surface area contributed by atoms with Crippen molar-refractivity contribution in [3.8, 4) is 11.1 Å². The number of carbonyl (C=O) groups is 1. The second-order valence-electron chi connectivity index (χ2n) is 9.33. The molecule has 0 saturated heterocycles. The molecule has 1 N–H and O–H groups in total. The van der Waals surface area contributed by atoms with Gasteiger partial charge in [-0.15, -0.1) is 0 Å². The minimum atomic E-state index is -4.04. The van der Waals surface area contributed by atoms with Crippen molar-refractivity contribution in [3.05, 3.63) is 149 Å². The molecule has 1 amide bonds. The highest BCUT2D eigenvalue weighted by Gasteiger charge is 2.29. The Hall–Kier alpha value is -4.39. The summed E-state index contributed by atoms with van der Waals surface area (Å²) in [5.74, 6) is -0.417. The Morgan fingerprint density at radius 1 is 0.750 bits per heavy atom. The van der Waals surface area contributed by atoms with Crippen LogP contribution in [-0.4, -0.2) is 14.3 Å². The van der Waals surface area contributed by atoms with E-state index >= 15 is 0 Å². The number of aryl methyl sites for hydroxylation is 1. The second kappa shape index (κ2) is 11.8. The molecule has 5 aromatic carbocycles. The number of para-hydroxylation sites is 2. The Labute approximate surface area is 239 Å². The van der Waals surface area contributed by atoms with E-state index in [0.29, 0.717) is 10.7 Å². The first-order chi connectivity index (χ1) is 19.3. The number of nitrogens with one attached hydrogen (secondary N) is 1. The van der Waals surface area contributed by atoms with Crippen LogP contribution in [0.1, 0.15) is 21.5 Å². The van der Waals surface area contributed by atoms with E-state index < -0.39 is 15.9 Å². The Kier molecular flexibility index (Phi) is 8.01. The van der Waals surface area contributed by atoms with E-state index in [1.165, 1.54) is 4.31 Å². The molecule has 40 heavy (non-hydrogen) atoms. The maximum atomic E-state index is 14.1. The summed E-state index contributed by atoms with van der Waals surface area (Å²) in [4.78, 5) is 13.9. The van der Waals surface area contributed by atoms with Crippen LogP contribution in [0.2, 0.25) is 5.02 Å². The maximum absolute atomic E-state index is 14.1. The van der Waals surface area contributed by atoms with Gasteiger partial charge in [0.2, 0.25) is 0 Å². The molecular weight excluding hydrogens is 540 g/mol. The third-order valence-electron chi connectivity index (χ3n) is 6.53. The number of hydrogen-bond donors (Lipinski definition) is 1. The summed E-state index contributed by atoms with van der Waals surface area (Å²) in [6.07, 6.45) is 0. The standard InChI is InChI=1S/C33H27ClN2O3S/c1-24-15-21-28(22-16-24)40(38,39)36(23-25-17-19-27(34)20-18-25)32-14-8-6-12-30(32)33(37)35-31-13-7-5-11-29(31)26-9-3-2-4-10-26/h2-22H,23H2,1H3,(H,35,37). The fraction of sp³-hybridized carbons (Fsp3) is 0.0606. The molecule has 0 atom stereocenters. The lowest BCUT2D eigenvalue weighted by molar-refractivity contribution is 0.102. The number of benzene rings is 5. The van der Waals surface area contributed by atoms with Crippen molar-refractivity contribution >= 4 is 38.9 Å². The van der Waals surface area contributed by atoms with Gasteiger partial charge in [-0.1, -0.05) is 102 Å². The molecular formula is C33H27ClN2O3S. The smallest absolute Gasteiger partial charge is 0.264 e. The van der Waals surface area contributed by atoms with Crippen molar-refractivity contribution < 1.29 is 13.2 Å². The Morgan fingerprint density at radius 3 is 2.10 bits per heavy atom. The summed E-state index contributed by atoms with van der Waals surface area (Å²) in [5, 5.41) is 3.56. The number of amides is 1. The van der Waals surface area contributed by atoms with Crippen LogP contribution in [-0.2, 0) is 16.6 Å². The van der Waals surface area contributed by atoms with Gasteiger partial charge in [-0.2, -0.15) is 0 Å². The number of carbonyl (C=O) groups excluding carboxylic acids is 1. The minimum absolute atomic E-state index is 0.0122. The molecule has 5 nitrogen and oxygen atoms in total. The summed E-state index contributed by atoms with van der Waals surface area (Å²) >= 11 is 6.08. The quantitative estimate of drug-likeness (QED) is 0.207. The molecule has 0 fully saturated rings. The van der Waals surface area contributed by atoms with Crippen LogP contribution in [0.15, 0.2) is 132 Å². The number of halogens is 1. The first kappa shape index (κ1) is 27.2. The molecule has 5 rings (SSSR count). The molecule has 0 aliphatic carbocycles. The molecule has 200 valence electrons. The van der Waals surface area contributed by atoms with E-state index in [4.69, 9.17) is 11.6 Å². The number of hydrogen-bond acceptors (Lipinski definition) is 3. The third kappa shape index (κ3) is 5.93. The predicted octanol–water partition coefficient (Wildman–Crippen LogP) is 7.96. The van der Waals surface area contributed by atoms with Crippen LogP contribution >= 0.6 is 11.6 Å². The average molecular weight is 567 g/mol. The van der Waals surface area contributed by atoms with Gasteiger partial charge >= 0.3 is 0 Å². The van der Waals surface area contributed by atoms with E-state index in [1.807, 2.05) is 61.5 Å². The molecule has 0 aliphatic heterocycles. The van der Waals surface area contributed by atoms with Crippen LogP contribution in [0.3, 0.4) is 0 Å². The van der Waals surface area contributed by atoms with Gasteiger partial charge in [-0.25, -0.2) is 8.42 Å². The van der Waals surface area contributed by atoms with Crippen LogP contribution in [0, 0.1) is 6.92 Å². The predicted molar refractivity (Wildman–Crippen MR) is 162 cm³/mol. The summed E-state index contributed by atoms with van der Waals surface area (Å²) in [7, 11) is -4.04. The van der Waals surface area contributed by atoms with Crippen LogP contribution in [0.5, 0.6) is 0 Å². The van der Waals surface area contributed by atoms with Gasteiger partial charge in [0, 0.05) is 16.3 Å². The van der Waals surface area contributed by atoms with E-state index in [2.05, 4.69) is 5.32 Å². The zero-order valence-electron chi connectivity index (χ0n) is 21.8. The summed E-state index contributed by atoms with van der Waals surface area (Å²) in [5.41, 5.74) is 4.61. The maximum Gasteiger partial charge on any atom is 0.264 e. The molecule has 7 heteroatoms. The fourth-order valence-electron chi connectivity index (χ4n) is 4.43. The Balaban J connectivity index is 1.57. The average Bonchev–Trinajstić information content (AvgIpc) is 2.98. The van der Waals surface area contributed by atoms with Gasteiger partial charge in [-0.3, -0.25) is 9.10 Å². The normalized spacial score (nSPS) is 11.2. The summed E-state index contributed by atoms with van der Waals surface area (Å²) in [6, 6.07) is 37.7. The zero-order valence-corrected chi connectivity index (χ0v) is 23.4. The van der Waals surface area contributed by atoms with Crippen molar-refractivity contribution in [2.24, 2.45) is 0 Å². The van der Waals surface area contributed by atoms with E-state index in [9.17, 15) is 13.2 Å². The van der Waals surface area contributed by atoms with Crippen molar-refractivity contribution in [3.63, 3.8) is 0 Å². The molecule has 0 unspecified atom stereocenters. The largest absolute Gasteiger partial charge is 0.321 e. The van der Waals surface area contributed by atoms with Gasteiger partial charge in [-0.05, 0) is 60.5 Å². The van der Waals surface area contributed by atoms with Crippen LogP contribution in [0.4, 0.5) is 11.4 Å². The molecule has 0 aromatic heterocycles. The topological polar surface area (TPSA) is 66.5 Å². The highest BCUT2D eigenvalue weighted by molar-refractivity contribution is 7.92. The lowest BCUT2D eigenvalue weighted by Gasteiger charge is -2.27. The lowest BCUT2D eigenvalue weighted by atomic mass is 10.0. The first-order valence-electron chi connectivity index (χ1n) is 12.7. The van der Waals surface area contributed by atoms with Crippen molar-refractivity contribution in [1.29, 1.82) is 0 Å².